The molecule has 0 bridgehead atoms. The van der Waals surface area contributed by atoms with Gasteiger partial charge in [-0.15, -0.1) is 0 Å². The SMILES string of the molecule is Cc1cccc(CC(NN)c2cccc(F)c2Br)c1. The van der Waals surface area contributed by atoms with Crippen LogP contribution in [-0.4, -0.2) is 0 Å². The second-order valence-corrected chi connectivity index (χ2v) is 5.35. The molecule has 0 aliphatic heterocycles. The molecular formula is C15H16BrFN2. The summed E-state index contributed by atoms with van der Waals surface area (Å²) in [4.78, 5) is 0. The summed E-state index contributed by atoms with van der Waals surface area (Å²) >= 11 is 3.28. The van der Waals surface area contributed by atoms with Crippen molar-refractivity contribution in [3.8, 4) is 0 Å². The van der Waals surface area contributed by atoms with Gasteiger partial charge in [0.1, 0.15) is 5.82 Å². The van der Waals surface area contributed by atoms with Crippen molar-refractivity contribution in [1.82, 2.24) is 5.43 Å². The van der Waals surface area contributed by atoms with Gasteiger partial charge in [0.15, 0.2) is 0 Å². The second kappa shape index (κ2) is 6.28. The molecule has 100 valence electrons. The molecule has 0 aliphatic rings. The molecule has 19 heavy (non-hydrogen) atoms. The van der Waals surface area contributed by atoms with Crippen LogP contribution in [0.5, 0.6) is 0 Å². The Morgan fingerprint density at radius 2 is 2.00 bits per heavy atom. The number of rotatable bonds is 4. The van der Waals surface area contributed by atoms with Gasteiger partial charge >= 0.3 is 0 Å². The van der Waals surface area contributed by atoms with Crippen LogP contribution in [0, 0.1) is 12.7 Å². The first-order valence-corrected chi connectivity index (χ1v) is 6.86. The highest BCUT2D eigenvalue weighted by Crippen LogP contribution is 2.28. The van der Waals surface area contributed by atoms with E-state index >= 15 is 0 Å². The smallest absolute Gasteiger partial charge is 0.137 e. The van der Waals surface area contributed by atoms with Crippen molar-refractivity contribution >= 4 is 15.9 Å². The Morgan fingerprint density at radius 3 is 2.68 bits per heavy atom. The second-order valence-electron chi connectivity index (χ2n) is 4.56. The minimum atomic E-state index is -0.276. The lowest BCUT2D eigenvalue weighted by atomic mass is 9.98. The third-order valence-corrected chi connectivity index (χ3v) is 3.92. The Morgan fingerprint density at radius 1 is 1.26 bits per heavy atom. The van der Waals surface area contributed by atoms with Crippen LogP contribution in [0.1, 0.15) is 22.7 Å². The number of nitrogens with two attached hydrogens (primary N) is 1. The quantitative estimate of drug-likeness (QED) is 0.666. The number of benzene rings is 2. The highest BCUT2D eigenvalue weighted by molar-refractivity contribution is 9.10. The fourth-order valence-electron chi connectivity index (χ4n) is 2.12. The number of nitrogens with one attached hydrogen (secondary N) is 1. The summed E-state index contributed by atoms with van der Waals surface area (Å²) in [5.41, 5.74) is 5.95. The van der Waals surface area contributed by atoms with Crippen LogP contribution in [0.25, 0.3) is 0 Å². The Hall–Kier alpha value is -1.23. The first kappa shape index (κ1) is 14.2. The van der Waals surface area contributed by atoms with E-state index in [9.17, 15) is 4.39 Å². The van der Waals surface area contributed by atoms with Crippen LogP contribution in [0.4, 0.5) is 4.39 Å². The maximum Gasteiger partial charge on any atom is 0.137 e. The molecule has 0 heterocycles. The predicted molar refractivity (Wildman–Crippen MR) is 79.0 cm³/mol. The third kappa shape index (κ3) is 3.41. The highest BCUT2D eigenvalue weighted by atomic mass is 79.9. The number of halogens is 2. The number of hydrazine groups is 1. The van der Waals surface area contributed by atoms with Gasteiger partial charge in [0.05, 0.1) is 10.5 Å². The fraction of sp³-hybridized carbons (Fsp3) is 0.200. The first-order valence-electron chi connectivity index (χ1n) is 6.07. The van der Waals surface area contributed by atoms with Crippen LogP contribution in [0.15, 0.2) is 46.9 Å². The van der Waals surface area contributed by atoms with Gasteiger partial charge in [0.25, 0.3) is 0 Å². The summed E-state index contributed by atoms with van der Waals surface area (Å²) < 4.78 is 14.0. The summed E-state index contributed by atoms with van der Waals surface area (Å²) in [6.07, 6.45) is 0.709. The van der Waals surface area contributed by atoms with Crippen molar-refractivity contribution in [2.24, 2.45) is 5.84 Å². The van der Waals surface area contributed by atoms with E-state index in [2.05, 4.69) is 27.4 Å². The van der Waals surface area contributed by atoms with Crippen LogP contribution in [-0.2, 0) is 6.42 Å². The zero-order chi connectivity index (χ0) is 13.8. The van der Waals surface area contributed by atoms with E-state index in [4.69, 9.17) is 5.84 Å². The van der Waals surface area contributed by atoms with Crippen LogP contribution >= 0.6 is 15.9 Å². The Labute approximate surface area is 120 Å². The molecule has 1 atom stereocenters. The highest BCUT2D eigenvalue weighted by Gasteiger charge is 2.15. The Kier molecular flexibility index (Phi) is 4.69. The summed E-state index contributed by atoms with van der Waals surface area (Å²) in [6.45, 7) is 2.05. The number of aryl methyl sites for hydroxylation is 1. The Balaban J connectivity index is 2.28. The topological polar surface area (TPSA) is 38.0 Å². The molecule has 0 amide bonds. The van der Waals surface area contributed by atoms with Crippen molar-refractivity contribution < 1.29 is 4.39 Å². The molecule has 0 aromatic heterocycles. The molecule has 0 fully saturated rings. The number of hydrogen-bond donors (Lipinski definition) is 2. The van der Waals surface area contributed by atoms with E-state index < -0.39 is 0 Å². The summed E-state index contributed by atoms with van der Waals surface area (Å²) in [5, 5.41) is 0. The molecule has 0 radical (unpaired) electrons. The molecule has 3 N–H and O–H groups in total. The maximum atomic E-state index is 13.6. The van der Waals surface area contributed by atoms with Crippen LogP contribution < -0.4 is 11.3 Å². The molecular weight excluding hydrogens is 307 g/mol. The monoisotopic (exact) mass is 322 g/mol. The molecule has 2 nitrogen and oxygen atoms in total. The maximum absolute atomic E-state index is 13.6. The van der Waals surface area contributed by atoms with Crippen molar-refractivity contribution in [2.75, 3.05) is 0 Å². The van der Waals surface area contributed by atoms with E-state index in [1.165, 1.54) is 17.2 Å². The average molecular weight is 323 g/mol. The van der Waals surface area contributed by atoms with Gasteiger partial charge in [0.2, 0.25) is 0 Å². The molecule has 0 aliphatic carbocycles. The van der Waals surface area contributed by atoms with E-state index in [1.807, 2.05) is 31.2 Å². The van der Waals surface area contributed by atoms with Gasteiger partial charge in [-0.3, -0.25) is 11.3 Å². The van der Waals surface area contributed by atoms with E-state index in [1.54, 1.807) is 6.07 Å². The van der Waals surface area contributed by atoms with Crippen LogP contribution in [0.3, 0.4) is 0 Å². The summed E-state index contributed by atoms with van der Waals surface area (Å²) in [7, 11) is 0. The predicted octanol–water partition coefficient (Wildman–Crippen LogP) is 3.64. The minimum Gasteiger partial charge on any atom is -0.271 e. The van der Waals surface area contributed by atoms with Gasteiger partial charge in [-0.1, -0.05) is 42.0 Å². The van der Waals surface area contributed by atoms with Gasteiger partial charge < -0.3 is 0 Å². The molecule has 0 saturated carbocycles. The largest absolute Gasteiger partial charge is 0.271 e. The van der Waals surface area contributed by atoms with Crippen LogP contribution in [0.2, 0.25) is 0 Å². The first-order chi connectivity index (χ1) is 9.11. The normalized spacial score (nSPS) is 12.4. The zero-order valence-corrected chi connectivity index (χ0v) is 12.2. The van der Waals surface area contributed by atoms with Crippen molar-refractivity contribution in [1.29, 1.82) is 0 Å². The van der Waals surface area contributed by atoms with E-state index in [-0.39, 0.29) is 11.9 Å². The Bertz CT molecular complexity index is 572. The van der Waals surface area contributed by atoms with E-state index in [0.717, 1.165) is 5.56 Å². The lowest BCUT2D eigenvalue weighted by molar-refractivity contribution is 0.540. The summed E-state index contributed by atoms with van der Waals surface area (Å²) in [6, 6.07) is 13.1. The van der Waals surface area contributed by atoms with Gasteiger partial charge in [-0.2, -0.15) is 0 Å². The lowest BCUT2D eigenvalue weighted by Crippen LogP contribution is -2.30. The minimum absolute atomic E-state index is 0.133. The van der Waals surface area contributed by atoms with Gasteiger partial charge in [0, 0.05) is 0 Å². The van der Waals surface area contributed by atoms with Crippen molar-refractivity contribution in [3.05, 3.63) is 69.4 Å². The molecule has 2 aromatic rings. The lowest BCUT2D eigenvalue weighted by Gasteiger charge is -2.18. The average Bonchev–Trinajstić information content (AvgIpc) is 2.40. The molecule has 2 rings (SSSR count). The molecule has 0 saturated heterocycles. The van der Waals surface area contributed by atoms with Crippen molar-refractivity contribution in [3.63, 3.8) is 0 Å². The molecule has 1 unspecified atom stereocenters. The third-order valence-electron chi connectivity index (χ3n) is 3.08. The standard InChI is InChI=1S/C15H16BrFN2/c1-10-4-2-5-11(8-10)9-14(19-18)12-6-3-7-13(17)15(12)16/h2-8,14,19H,9,18H2,1H3. The number of hydrogen-bond acceptors (Lipinski definition) is 2. The molecule has 2 aromatic carbocycles. The van der Waals surface area contributed by atoms with E-state index in [0.29, 0.717) is 10.9 Å². The molecule has 4 heteroatoms. The fourth-order valence-corrected chi connectivity index (χ4v) is 2.66. The summed E-state index contributed by atoms with van der Waals surface area (Å²) in [5.74, 6) is 5.34. The zero-order valence-electron chi connectivity index (χ0n) is 10.7. The van der Waals surface area contributed by atoms with Gasteiger partial charge in [-0.05, 0) is 46.5 Å². The molecule has 0 spiro atoms. The van der Waals surface area contributed by atoms with Crippen molar-refractivity contribution in [2.45, 2.75) is 19.4 Å². The van der Waals surface area contributed by atoms with Gasteiger partial charge in [-0.25, -0.2) is 4.39 Å².